The van der Waals surface area contributed by atoms with Crippen LogP contribution in [0.1, 0.15) is 6.92 Å². The van der Waals surface area contributed by atoms with Crippen molar-refractivity contribution in [3.63, 3.8) is 0 Å². The Kier molecular flexibility index (Phi) is 2.76. The Hall–Kier alpha value is -0.500. The van der Waals surface area contributed by atoms with E-state index in [1.54, 1.807) is 6.92 Å². The van der Waals surface area contributed by atoms with Gasteiger partial charge >= 0.3 is 10.2 Å². The maximum atomic E-state index is 12.4. The van der Waals surface area contributed by atoms with Gasteiger partial charge in [0, 0.05) is 0 Å². The molecule has 1 rings (SSSR count). The molecule has 94 valence electrons. The van der Waals surface area contributed by atoms with E-state index in [1.165, 1.54) is 0 Å². The van der Waals surface area contributed by atoms with Gasteiger partial charge in [-0.15, -0.1) is 0 Å². The molecule has 0 atom stereocenters. The molecule has 8 heteroatoms. The Labute approximate surface area is 97.4 Å². The van der Waals surface area contributed by atoms with Crippen molar-refractivity contribution in [2.24, 2.45) is 0 Å². The number of hydrogen-bond donors (Lipinski definition) is 0. The van der Waals surface area contributed by atoms with Gasteiger partial charge in [0.15, 0.2) is 0 Å². The van der Waals surface area contributed by atoms with Crippen molar-refractivity contribution in [2.75, 3.05) is 6.61 Å². The third-order valence-corrected chi connectivity index (χ3v) is 3.41. The van der Waals surface area contributed by atoms with Crippen molar-refractivity contribution in [2.45, 2.75) is 11.8 Å². The minimum absolute atomic E-state index is 0.0908. The Morgan fingerprint density at radius 3 is 2.12 bits per heavy atom. The lowest BCUT2D eigenvalue weighted by Gasteiger charge is -2.40. The molecule has 0 fully saturated rings. The fraction of sp³-hybridized carbons (Fsp3) is 0.250. The average molecular weight is 327 g/mol. The lowest BCUT2D eigenvalue weighted by molar-refractivity contribution is 0.337. The molecule has 0 spiro atoms. The molecule has 0 bridgehead atoms. The summed E-state index contributed by atoms with van der Waals surface area (Å²) in [7, 11) is -9.60. The van der Waals surface area contributed by atoms with Crippen LogP contribution in [-0.4, -0.2) is 6.61 Å². The molecular formula is C8H8BrF5OS. The van der Waals surface area contributed by atoms with E-state index in [4.69, 9.17) is 4.74 Å². The molecule has 0 heterocycles. The van der Waals surface area contributed by atoms with E-state index in [2.05, 4.69) is 15.9 Å². The summed E-state index contributed by atoms with van der Waals surface area (Å²) in [6.45, 7) is 1.86. The average Bonchev–Trinajstić information content (AvgIpc) is 2.04. The van der Waals surface area contributed by atoms with Crippen LogP contribution in [0.25, 0.3) is 0 Å². The molecule has 0 N–H and O–H groups in total. The van der Waals surface area contributed by atoms with Gasteiger partial charge in [-0.3, -0.25) is 0 Å². The molecule has 1 aromatic carbocycles. The van der Waals surface area contributed by atoms with Crippen LogP contribution in [0.4, 0.5) is 19.4 Å². The third kappa shape index (κ3) is 3.24. The van der Waals surface area contributed by atoms with E-state index in [0.717, 1.165) is 6.07 Å². The summed E-state index contributed by atoms with van der Waals surface area (Å²) >= 11 is 2.75. The molecule has 0 radical (unpaired) electrons. The molecule has 16 heavy (non-hydrogen) atoms. The molecule has 0 aliphatic rings. The minimum atomic E-state index is -9.60. The highest BCUT2D eigenvalue weighted by molar-refractivity contribution is 9.10. The van der Waals surface area contributed by atoms with Crippen LogP contribution in [-0.2, 0) is 0 Å². The molecular weight excluding hydrogens is 319 g/mol. The third-order valence-electron chi connectivity index (χ3n) is 1.65. The van der Waals surface area contributed by atoms with Gasteiger partial charge in [0.25, 0.3) is 0 Å². The molecule has 0 saturated carbocycles. The quantitative estimate of drug-likeness (QED) is 0.666. The van der Waals surface area contributed by atoms with Crippen molar-refractivity contribution >= 4 is 26.2 Å². The largest absolute Gasteiger partial charge is 0.493 e. The zero-order valence-corrected chi connectivity index (χ0v) is 10.4. The normalized spacial score (nSPS) is 16.4. The number of rotatable bonds is 3. The van der Waals surface area contributed by atoms with Crippen LogP contribution in [0.15, 0.2) is 27.6 Å². The van der Waals surface area contributed by atoms with Crippen molar-refractivity contribution in [3.05, 3.63) is 22.7 Å². The lowest BCUT2D eigenvalue weighted by atomic mass is 10.3. The summed E-state index contributed by atoms with van der Waals surface area (Å²) in [5.41, 5.74) is 0. The summed E-state index contributed by atoms with van der Waals surface area (Å²) in [6, 6.07) is 1.50. The predicted molar refractivity (Wildman–Crippen MR) is 56.7 cm³/mol. The van der Waals surface area contributed by atoms with E-state index in [9.17, 15) is 19.4 Å². The fourth-order valence-corrected chi connectivity index (χ4v) is 2.30. The van der Waals surface area contributed by atoms with Gasteiger partial charge in [-0.2, -0.15) is 0 Å². The zero-order chi connectivity index (χ0) is 12.7. The fourth-order valence-electron chi connectivity index (χ4n) is 0.994. The highest BCUT2D eigenvalue weighted by atomic mass is 79.9. The molecule has 0 unspecified atom stereocenters. The zero-order valence-electron chi connectivity index (χ0n) is 8.02. The Bertz CT molecular complexity index is 415. The van der Waals surface area contributed by atoms with Gasteiger partial charge in [0.05, 0.1) is 11.1 Å². The highest BCUT2D eigenvalue weighted by Gasteiger charge is 2.65. The van der Waals surface area contributed by atoms with E-state index >= 15 is 0 Å². The van der Waals surface area contributed by atoms with Gasteiger partial charge < -0.3 is 4.74 Å². The molecule has 0 aliphatic heterocycles. The van der Waals surface area contributed by atoms with Crippen molar-refractivity contribution in [1.29, 1.82) is 0 Å². The highest BCUT2D eigenvalue weighted by Crippen LogP contribution is 3.02. The van der Waals surface area contributed by atoms with Crippen LogP contribution in [0.5, 0.6) is 5.75 Å². The predicted octanol–water partition coefficient (Wildman–Crippen LogP) is 5.51. The van der Waals surface area contributed by atoms with Crippen molar-refractivity contribution in [1.82, 2.24) is 0 Å². The van der Waals surface area contributed by atoms with Gasteiger partial charge in [-0.05, 0) is 41.1 Å². The molecule has 0 amide bonds. The lowest BCUT2D eigenvalue weighted by Crippen LogP contribution is -2.06. The topological polar surface area (TPSA) is 9.23 Å². The molecule has 1 aromatic rings. The molecule has 0 saturated heterocycles. The second-order valence-corrected chi connectivity index (χ2v) is 6.26. The first-order valence-corrected chi connectivity index (χ1v) is 6.85. The Morgan fingerprint density at radius 2 is 1.75 bits per heavy atom. The standard InChI is InChI=1S/C8H8BrF5OS/c1-2-15-8-4-3-6(5-7(8)9)16(10,11,12,13)14/h3-5H,2H2,1H3. The number of hydrogen-bond acceptors (Lipinski definition) is 1. The summed E-state index contributed by atoms with van der Waals surface area (Å²) in [4.78, 5) is -1.93. The monoisotopic (exact) mass is 326 g/mol. The van der Waals surface area contributed by atoms with Crippen LogP contribution in [0.2, 0.25) is 0 Å². The smallest absolute Gasteiger partial charge is 0.310 e. The summed E-state index contributed by atoms with van der Waals surface area (Å²) < 4.78 is 66.7. The number of halogens is 6. The van der Waals surface area contributed by atoms with Crippen LogP contribution in [0.3, 0.4) is 0 Å². The van der Waals surface area contributed by atoms with Crippen LogP contribution < -0.4 is 4.74 Å². The van der Waals surface area contributed by atoms with Crippen molar-refractivity contribution < 1.29 is 24.2 Å². The van der Waals surface area contributed by atoms with Gasteiger partial charge in [0.2, 0.25) is 0 Å². The summed E-state index contributed by atoms with van der Waals surface area (Å²) in [6.07, 6.45) is 0. The number of benzene rings is 1. The van der Waals surface area contributed by atoms with Crippen LogP contribution in [0, 0.1) is 0 Å². The van der Waals surface area contributed by atoms with Gasteiger partial charge in [0.1, 0.15) is 10.6 Å². The first kappa shape index (κ1) is 13.6. The van der Waals surface area contributed by atoms with Gasteiger partial charge in [-0.1, -0.05) is 19.4 Å². The second kappa shape index (κ2) is 3.25. The first-order valence-electron chi connectivity index (χ1n) is 4.10. The molecule has 0 aliphatic carbocycles. The maximum absolute atomic E-state index is 12.4. The molecule has 0 aromatic heterocycles. The Morgan fingerprint density at radius 1 is 1.19 bits per heavy atom. The van der Waals surface area contributed by atoms with Crippen molar-refractivity contribution in [3.8, 4) is 5.75 Å². The van der Waals surface area contributed by atoms with Crippen LogP contribution >= 0.6 is 26.2 Å². The van der Waals surface area contributed by atoms with E-state index < -0.39 is 15.1 Å². The minimum Gasteiger partial charge on any atom is -0.493 e. The van der Waals surface area contributed by atoms with E-state index in [-0.39, 0.29) is 16.8 Å². The maximum Gasteiger partial charge on any atom is 0.310 e. The number of ether oxygens (including phenoxy) is 1. The first-order chi connectivity index (χ1) is 6.94. The second-order valence-electron chi connectivity index (χ2n) is 2.99. The Balaban J connectivity index is 3.28. The van der Waals surface area contributed by atoms with Gasteiger partial charge in [-0.25, -0.2) is 0 Å². The summed E-state index contributed by atoms with van der Waals surface area (Å²) in [5.74, 6) is 0.0908. The van der Waals surface area contributed by atoms with E-state index in [0.29, 0.717) is 12.1 Å². The van der Waals surface area contributed by atoms with E-state index in [1.807, 2.05) is 0 Å². The SMILES string of the molecule is CCOc1ccc(S(F)(F)(F)(F)F)cc1Br. The molecule has 1 nitrogen and oxygen atoms in total. The summed E-state index contributed by atoms with van der Waals surface area (Å²) in [5, 5.41) is 0.